The van der Waals surface area contributed by atoms with Gasteiger partial charge in [0.05, 0.1) is 13.2 Å². The summed E-state index contributed by atoms with van der Waals surface area (Å²) in [5, 5.41) is 27.7. The van der Waals surface area contributed by atoms with Crippen molar-refractivity contribution in [3.8, 4) is 5.75 Å². The van der Waals surface area contributed by atoms with Crippen LogP contribution < -0.4 is 4.74 Å². The highest BCUT2D eigenvalue weighted by Crippen LogP contribution is 2.20. The zero-order valence-corrected chi connectivity index (χ0v) is 10.7. The van der Waals surface area contributed by atoms with Gasteiger partial charge in [-0.2, -0.15) is 0 Å². The molecule has 6 heteroatoms. The Kier molecular flexibility index (Phi) is 6.27. The van der Waals surface area contributed by atoms with Crippen LogP contribution in [-0.4, -0.2) is 47.2 Å². The summed E-state index contributed by atoms with van der Waals surface area (Å²) in [7, 11) is 0. The second kappa shape index (κ2) is 7.73. The lowest BCUT2D eigenvalue weighted by Gasteiger charge is -2.16. The first-order valence-electron chi connectivity index (χ1n) is 5.93. The Hall–Kier alpha value is -1.63. The van der Waals surface area contributed by atoms with Gasteiger partial charge >= 0.3 is 5.97 Å². The summed E-state index contributed by atoms with van der Waals surface area (Å²) >= 11 is 0. The normalized spacial score (nSPS) is 13.7. The molecule has 0 amide bonds. The molecule has 0 aliphatic carbocycles. The van der Waals surface area contributed by atoms with Gasteiger partial charge in [0.15, 0.2) is 6.61 Å². The van der Waals surface area contributed by atoms with Crippen molar-refractivity contribution in [2.24, 2.45) is 0 Å². The van der Waals surface area contributed by atoms with E-state index in [1.54, 1.807) is 31.2 Å². The standard InChI is InChI=1S/C13H18O6/c1-2-18-12(16)8-19-10-5-3-9(4-6-10)13(17)11(15)7-14/h3-6,11,13-15,17H,2,7-8H2,1H3. The predicted molar refractivity (Wildman–Crippen MR) is 66.6 cm³/mol. The van der Waals surface area contributed by atoms with E-state index in [1.807, 2.05) is 0 Å². The SMILES string of the molecule is CCOC(=O)COc1ccc(C(O)C(O)CO)cc1. The summed E-state index contributed by atoms with van der Waals surface area (Å²) in [5.41, 5.74) is 0.449. The molecule has 6 nitrogen and oxygen atoms in total. The number of hydrogen-bond donors (Lipinski definition) is 3. The molecule has 2 unspecified atom stereocenters. The van der Waals surface area contributed by atoms with Crippen molar-refractivity contribution in [3.63, 3.8) is 0 Å². The van der Waals surface area contributed by atoms with E-state index < -0.39 is 24.8 Å². The van der Waals surface area contributed by atoms with E-state index in [0.717, 1.165) is 0 Å². The van der Waals surface area contributed by atoms with E-state index in [-0.39, 0.29) is 6.61 Å². The summed E-state index contributed by atoms with van der Waals surface area (Å²) < 4.78 is 9.88. The van der Waals surface area contributed by atoms with Crippen LogP contribution in [0.2, 0.25) is 0 Å². The molecule has 0 aliphatic heterocycles. The molecule has 0 aromatic heterocycles. The monoisotopic (exact) mass is 270 g/mol. The Bertz CT molecular complexity index is 389. The van der Waals surface area contributed by atoms with Crippen LogP contribution in [0.5, 0.6) is 5.75 Å². The highest BCUT2D eigenvalue weighted by atomic mass is 16.6. The number of rotatable bonds is 7. The zero-order valence-electron chi connectivity index (χ0n) is 10.7. The topological polar surface area (TPSA) is 96.2 Å². The molecular weight excluding hydrogens is 252 g/mol. The fourth-order valence-corrected chi connectivity index (χ4v) is 1.43. The van der Waals surface area contributed by atoms with Gasteiger partial charge in [-0.05, 0) is 24.6 Å². The number of carbonyl (C=O) groups excluding carboxylic acids is 1. The average Bonchev–Trinajstić information content (AvgIpc) is 2.44. The average molecular weight is 270 g/mol. The van der Waals surface area contributed by atoms with Crippen LogP contribution in [0.15, 0.2) is 24.3 Å². The van der Waals surface area contributed by atoms with Crippen molar-refractivity contribution in [2.75, 3.05) is 19.8 Å². The summed E-state index contributed by atoms with van der Waals surface area (Å²) in [6.45, 7) is 1.30. The number of aliphatic hydroxyl groups is 3. The molecule has 0 aliphatic rings. The lowest BCUT2D eigenvalue weighted by Crippen LogP contribution is -2.22. The molecule has 0 saturated heterocycles. The summed E-state index contributed by atoms with van der Waals surface area (Å²) in [4.78, 5) is 11.1. The Labute approximate surface area is 111 Å². The minimum Gasteiger partial charge on any atom is -0.482 e. The highest BCUT2D eigenvalue weighted by Gasteiger charge is 2.17. The van der Waals surface area contributed by atoms with Crippen molar-refractivity contribution in [2.45, 2.75) is 19.1 Å². The fourth-order valence-electron chi connectivity index (χ4n) is 1.43. The summed E-state index contributed by atoms with van der Waals surface area (Å²) in [6.07, 6.45) is -2.39. The van der Waals surface area contributed by atoms with Crippen molar-refractivity contribution < 1.29 is 29.6 Å². The molecule has 0 spiro atoms. The van der Waals surface area contributed by atoms with E-state index in [9.17, 15) is 15.0 Å². The number of esters is 1. The van der Waals surface area contributed by atoms with Crippen LogP contribution in [0, 0.1) is 0 Å². The smallest absolute Gasteiger partial charge is 0.344 e. The zero-order chi connectivity index (χ0) is 14.3. The van der Waals surface area contributed by atoms with Gasteiger partial charge in [0.2, 0.25) is 0 Å². The number of ether oxygens (including phenoxy) is 2. The number of benzene rings is 1. The van der Waals surface area contributed by atoms with Gasteiger partial charge in [-0.25, -0.2) is 4.79 Å². The molecule has 106 valence electrons. The third kappa shape index (κ3) is 4.86. The van der Waals surface area contributed by atoms with Crippen LogP contribution in [-0.2, 0) is 9.53 Å². The Morgan fingerprint density at radius 2 is 1.89 bits per heavy atom. The van der Waals surface area contributed by atoms with E-state index in [4.69, 9.17) is 14.6 Å². The third-order valence-corrected chi connectivity index (χ3v) is 2.44. The number of carbonyl (C=O) groups is 1. The second-order valence-electron chi connectivity index (χ2n) is 3.86. The number of hydrogen-bond acceptors (Lipinski definition) is 6. The molecule has 0 fully saturated rings. The van der Waals surface area contributed by atoms with Crippen molar-refractivity contribution in [1.29, 1.82) is 0 Å². The van der Waals surface area contributed by atoms with Crippen LogP contribution >= 0.6 is 0 Å². The van der Waals surface area contributed by atoms with Gasteiger partial charge in [-0.3, -0.25) is 0 Å². The maximum absolute atomic E-state index is 11.1. The minimum absolute atomic E-state index is 0.186. The predicted octanol–water partition coefficient (Wildman–Crippen LogP) is 0.0151. The second-order valence-corrected chi connectivity index (χ2v) is 3.86. The van der Waals surface area contributed by atoms with E-state index in [0.29, 0.717) is 17.9 Å². The molecule has 0 bridgehead atoms. The highest BCUT2D eigenvalue weighted by molar-refractivity contribution is 5.71. The van der Waals surface area contributed by atoms with Crippen molar-refractivity contribution in [1.82, 2.24) is 0 Å². The Morgan fingerprint density at radius 3 is 2.42 bits per heavy atom. The van der Waals surface area contributed by atoms with E-state index >= 15 is 0 Å². The molecule has 0 heterocycles. The van der Waals surface area contributed by atoms with Crippen LogP contribution in [0.3, 0.4) is 0 Å². The maximum atomic E-state index is 11.1. The molecule has 0 radical (unpaired) electrons. The lowest BCUT2D eigenvalue weighted by atomic mass is 10.1. The van der Waals surface area contributed by atoms with Crippen LogP contribution in [0.25, 0.3) is 0 Å². The Morgan fingerprint density at radius 1 is 1.26 bits per heavy atom. The molecule has 3 N–H and O–H groups in total. The van der Waals surface area contributed by atoms with Crippen LogP contribution in [0.1, 0.15) is 18.6 Å². The van der Waals surface area contributed by atoms with Gasteiger partial charge in [0, 0.05) is 0 Å². The molecule has 2 atom stereocenters. The fraction of sp³-hybridized carbons (Fsp3) is 0.462. The summed E-state index contributed by atoms with van der Waals surface area (Å²) in [6, 6.07) is 6.21. The molecule has 1 rings (SSSR count). The quantitative estimate of drug-likeness (QED) is 0.604. The first-order chi connectivity index (χ1) is 9.08. The van der Waals surface area contributed by atoms with Gasteiger partial charge in [0.1, 0.15) is 18.0 Å². The van der Waals surface area contributed by atoms with Gasteiger partial charge in [0.25, 0.3) is 0 Å². The van der Waals surface area contributed by atoms with Gasteiger partial charge < -0.3 is 24.8 Å². The van der Waals surface area contributed by atoms with Gasteiger partial charge in [-0.15, -0.1) is 0 Å². The van der Waals surface area contributed by atoms with Crippen LogP contribution in [0.4, 0.5) is 0 Å². The number of aliphatic hydroxyl groups excluding tert-OH is 3. The van der Waals surface area contributed by atoms with E-state index in [1.165, 1.54) is 0 Å². The maximum Gasteiger partial charge on any atom is 0.344 e. The largest absolute Gasteiger partial charge is 0.482 e. The third-order valence-electron chi connectivity index (χ3n) is 2.44. The Balaban J connectivity index is 2.54. The molecular formula is C13H18O6. The first-order valence-corrected chi connectivity index (χ1v) is 5.93. The van der Waals surface area contributed by atoms with Crippen molar-refractivity contribution in [3.05, 3.63) is 29.8 Å². The molecule has 1 aromatic carbocycles. The van der Waals surface area contributed by atoms with E-state index in [2.05, 4.69) is 0 Å². The lowest BCUT2D eigenvalue weighted by molar-refractivity contribution is -0.145. The summed E-state index contributed by atoms with van der Waals surface area (Å²) in [5.74, 6) is -0.00944. The molecule has 0 saturated carbocycles. The minimum atomic E-state index is -1.23. The molecule has 19 heavy (non-hydrogen) atoms. The molecule has 1 aromatic rings. The first kappa shape index (κ1) is 15.4. The van der Waals surface area contributed by atoms with Gasteiger partial charge in [-0.1, -0.05) is 12.1 Å². The van der Waals surface area contributed by atoms with Crippen molar-refractivity contribution >= 4 is 5.97 Å².